The van der Waals surface area contributed by atoms with Gasteiger partial charge < -0.3 is 4.90 Å². The number of hydrogen-bond donors (Lipinski definition) is 1. The Morgan fingerprint density at radius 2 is 1.65 bits per heavy atom. The molecule has 118 valence electrons. The van der Waals surface area contributed by atoms with Gasteiger partial charge in [0.1, 0.15) is 0 Å². The van der Waals surface area contributed by atoms with Crippen LogP contribution < -0.4 is 5.32 Å². The number of carbonyl (C=O) groups is 1. The number of nitrogens with one attached hydrogen (secondary N) is 1. The molecule has 0 aromatic heterocycles. The number of carbonyl (C=O) groups excluding carboxylic acids is 1. The minimum atomic E-state index is 0.0266. The van der Waals surface area contributed by atoms with Crippen LogP contribution in [0.3, 0.4) is 0 Å². The molecule has 3 nitrogen and oxygen atoms in total. The summed E-state index contributed by atoms with van der Waals surface area (Å²) in [5.74, 6) is 2.72. The molecule has 1 fully saturated rings. The van der Waals surface area contributed by atoms with Crippen LogP contribution in [0.2, 0.25) is 0 Å². The van der Waals surface area contributed by atoms with E-state index in [0.29, 0.717) is 29.6 Å². The molecule has 1 rings (SSSR count). The maximum absolute atomic E-state index is 12.6. The summed E-state index contributed by atoms with van der Waals surface area (Å²) in [6.45, 7) is 16.5. The lowest BCUT2D eigenvalue weighted by Crippen LogP contribution is -2.43. The van der Waals surface area contributed by atoms with Crippen LogP contribution in [0.5, 0.6) is 0 Å². The fourth-order valence-corrected chi connectivity index (χ4v) is 3.32. The molecule has 0 aromatic carbocycles. The zero-order valence-corrected chi connectivity index (χ0v) is 14.4. The molecule has 1 aliphatic heterocycles. The maximum atomic E-state index is 12.6. The van der Waals surface area contributed by atoms with Crippen molar-refractivity contribution in [3.63, 3.8) is 0 Å². The van der Waals surface area contributed by atoms with E-state index in [9.17, 15) is 4.79 Å². The second kappa shape index (κ2) is 7.44. The summed E-state index contributed by atoms with van der Waals surface area (Å²) in [6.07, 6.45) is 2.16. The predicted molar refractivity (Wildman–Crippen MR) is 85.3 cm³/mol. The highest BCUT2D eigenvalue weighted by atomic mass is 16.2. The first kappa shape index (κ1) is 17.5. The van der Waals surface area contributed by atoms with Crippen LogP contribution in [0.4, 0.5) is 0 Å². The molecule has 1 saturated heterocycles. The molecule has 0 aromatic rings. The summed E-state index contributed by atoms with van der Waals surface area (Å²) < 4.78 is 0. The van der Waals surface area contributed by atoms with Crippen molar-refractivity contribution < 1.29 is 4.79 Å². The van der Waals surface area contributed by atoms with Crippen LogP contribution in [0.25, 0.3) is 0 Å². The lowest BCUT2D eigenvalue weighted by Gasteiger charge is -2.33. The molecule has 0 bridgehead atoms. The van der Waals surface area contributed by atoms with E-state index in [-0.39, 0.29) is 12.2 Å². The minimum Gasteiger partial charge on any atom is -0.325 e. The van der Waals surface area contributed by atoms with Crippen molar-refractivity contribution in [3.8, 4) is 0 Å². The summed E-state index contributed by atoms with van der Waals surface area (Å²) in [5, 5.41) is 3.53. The SMILES string of the molecule is CCC1NC(CC(C)C)N(CC(C(C)C)C(C)C)C1=O. The third-order valence-corrected chi connectivity index (χ3v) is 4.57. The first-order valence-electron chi connectivity index (χ1n) is 8.34. The van der Waals surface area contributed by atoms with Crippen molar-refractivity contribution in [3.05, 3.63) is 0 Å². The van der Waals surface area contributed by atoms with Crippen LogP contribution in [0.1, 0.15) is 61.3 Å². The Kier molecular flexibility index (Phi) is 6.50. The van der Waals surface area contributed by atoms with Crippen LogP contribution in [0, 0.1) is 23.7 Å². The Balaban J connectivity index is 2.83. The number of amides is 1. The van der Waals surface area contributed by atoms with E-state index in [0.717, 1.165) is 19.4 Å². The van der Waals surface area contributed by atoms with Gasteiger partial charge in [0.2, 0.25) is 5.91 Å². The summed E-state index contributed by atoms with van der Waals surface area (Å²) in [6, 6.07) is 0.0266. The van der Waals surface area contributed by atoms with Gasteiger partial charge in [-0.15, -0.1) is 0 Å². The van der Waals surface area contributed by atoms with Gasteiger partial charge in [-0.1, -0.05) is 48.5 Å². The fourth-order valence-electron chi connectivity index (χ4n) is 3.32. The monoisotopic (exact) mass is 282 g/mol. The quantitative estimate of drug-likeness (QED) is 0.775. The summed E-state index contributed by atoms with van der Waals surface area (Å²) in [4.78, 5) is 14.7. The van der Waals surface area contributed by atoms with E-state index in [1.165, 1.54) is 0 Å². The fraction of sp³-hybridized carbons (Fsp3) is 0.941. The number of rotatable bonds is 7. The highest BCUT2D eigenvalue weighted by Gasteiger charge is 2.39. The van der Waals surface area contributed by atoms with Crippen LogP contribution >= 0.6 is 0 Å². The van der Waals surface area contributed by atoms with Crippen LogP contribution in [-0.4, -0.2) is 29.6 Å². The van der Waals surface area contributed by atoms with Gasteiger partial charge >= 0.3 is 0 Å². The maximum Gasteiger partial charge on any atom is 0.241 e. The van der Waals surface area contributed by atoms with Crippen molar-refractivity contribution >= 4 is 5.91 Å². The Bertz CT molecular complexity index is 304. The van der Waals surface area contributed by atoms with Crippen LogP contribution in [-0.2, 0) is 4.79 Å². The normalized spacial score (nSPS) is 23.9. The van der Waals surface area contributed by atoms with Gasteiger partial charge in [-0.05, 0) is 36.5 Å². The van der Waals surface area contributed by atoms with Crippen molar-refractivity contribution in [2.24, 2.45) is 23.7 Å². The molecule has 1 amide bonds. The first-order valence-corrected chi connectivity index (χ1v) is 8.34. The van der Waals surface area contributed by atoms with E-state index in [4.69, 9.17) is 0 Å². The third kappa shape index (κ3) is 4.21. The second-order valence-corrected chi connectivity index (χ2v) is 7.42. The van der Waals surface area contributed by atoms with Gasteiger partial charge in [-0.3, -0.25) is 10.1 Å². The van der Waals surface area contributed by atoms with E-state index in [1.807, 2.05) is 0 Å². The van der Waals surface area contributed by atoms with Gasteiger partial charge in [-0.25, -0.2) is 0 Å². The second-order valence-electron chi connectivity index (χ2n) is 7.42. The van der Waals surface area contributed by atoms with Crippen molar-refractivity contribution in [1.82, 2.24) is 10.2 Å². The van der Waals surface area contributed by atoms with Gasteiger partial charge in [0.15, 0.2) is 0 Å². The molecule has 3 heteroatoms. The Morgan fingerprint density at radius 3 is 2.05 bits per heavy atom. The predicted octanol–water partition coefficient (Wildman–Crippen LogP) is 3.50. The van der Waals surface area contributed by atoms with Crippen molar-refractivity contribution in [2.45, 2.75) is 73.5 Å². The molecule has 0 aliphatic carbocycles. The molecule has 2 unspecified atom stereocenters. The first-order chi connectivity index (χ1) is 9.27. The molecule has 2 atom stereocenters. The Morgan fingerprint density at radius 1 is 1.10 bits per heavy atom. The lowest BCUT2D eigenvalue weighted by atomic mass is 9.85. The average molecular weight is 282 g/mol. The van der Waals surface area contributed by atoms with Gasteiger partial charge in [0.25, 0.3) is 0 Å². The largest absolute Gasteiger partial charge is 0.325 e. The molecule has 1 N–H and O–H groups in total. The molecular weight excluding hydrogens is 248 g/mol. The van der Waals surface area contributed by atoms with E-state index in [1.54, 1.807) is 0 Å². The topological polar surface area (TPSA) is 32.3 Å². The average Bonchev–Trinajstić information content (AvgIpc) is 2.61. The Labute approximate surface area is 125 Å². The number of nitrogens with zero attached hydrogens (tertiary/aromatic N) is 1. The molecular formula is C17H34N2O. The number of hydrogen-bond acceptors (Lipinski definition) is 2. The van der Waals surface area contributed by atoms with Gasteiger partial charge in [0, 0.05) is 6.54 Å². The highest BCUT2D eigenvalue weighted by molar-refractivity contribution is 5.84. The van der Waals surface area contributed by atoms with E-state index >= 15 is 0 Å². The Hall–Kier alpha value is -0.570. The van der Waals surface area contributed by atoms with Gasteiger partial charge in [0.05, 0.1) is 12.2 Å². The molecule has 1 heterocycles. The molecule has 0 radical (unpaired) electrons. The molecule has 0 spiro atoms. The molecule has 1 aliphatic rings. The summed E-state index contributed by atoms with van der Waals surface area (Å²) >= 11 is 0. The standard InChI is InChI=1S/C17H34N2O/c1-8-15-17(20)19(16(18-15)9-11(2)3)10-14(12(4)5)13(6)7/h11-16,18H,8-10H2,1-7H3. The summed E-state index contributed by atoms with van der Waals surface area (Å²) in [5.41, 5.74) is 0. The zero-order valence-electron chi connectivity index (χ0n) is 14.4. The van der Waals surface area contributed by atoms with E-state index < -0.39 is 0 Å². The molecule has 20 heavy (non-hydrogen) atoms. The van der Waals surface area contributed by atoms with Gasteiger partial charge in [-0.2, -0.15) is 0 Å². The lowest BCUT2D eigenvalue weighted by molar-refractivity contribution is -0.131. The van der Waals surface area contributed by atoms with Crippen molar-refractivity contribution in [1.29, 1.82) is 0 Å². The third-order valence-electron chi connectivity index (χ3n) is 4.57. The highest BCUT2D eigenvalue weighted by Crippen LogP contribution is 2.26. The van der Waals surface area contributed by atoms with Crippen LogP contribution in [0.15, 0.2) is 0 Å². The smallest absolute Gasteiger partial charge is 0.241 e. The minimum absolute atomic E-state index is 0.0266. The van der Waals surface area contributed by atoms with Crippen molar-refractivity contribution in [2.75, 3.05) is 6.54 Å². The summed E-state index contributed by atoms with van der Waals surface area (Å²) in [7, 11) is 0. The molecule has 0 saturated carbocycles. The van der Waals surface area contributed by atoms with E-state index in [2.05, 4.69) is 58.7 Å². The zero-order chi connectivity index (χ0) is 15.4.